The second kappa shape index (κ2) is 4.29. The first-order valence-electron chi connectivity index (χ1n) is 5.46. The summed E-state index contributed by atoms with van der Waals surface area (Å²) in [5, 5.41) is 0. The van der Waals surface area contributed by atoms with E-state index in [2.05, 4.69) is 0 Å². The molecule has 2 nitrogen and oxygen atoms in total. The van der Waals surface area contributed by atoms with Crippen LogP contribution in [0, 0.1) is 5.82 Å². The van der Waals surface area contributed by atoms with Gasteiger partial charge in [0.2, 0.25) is 5.69 Å². The minimum atomic E-state index is -0.166. The van der Waals surface area contributed by atoms with E-state index < -0.39 is 0 Å². The molecule has 1 saturated heterocycles. The monoisotopic (exact) mass is 210 g/mol. The Hall–Kier alpha value is -0.930. The Labute approximate surface area is 89.8 Å². The molecule has 0 N–H and O–H groups in total. The molecular weight excluding hydrogens is 193 g/mol. The molecule has 82 valence electrons. The second-order valence-corrected chi connectivity index (χ2v) is 4.03. The number of hydrogen-bond acceptors (Lipinski definition) is 1. The van der Waals surface area contributed by atoms with Gasteiger partial charge in [0.05, 0.1) is 7.11 Å². The van der Waals surface area contributed by atoms with Crippen LogP contribution in [0.1, 0.15) is 19.3 Å². The molecule has 1 aromatic carbocycles. The molecular formula is C12H17FNO+. The van der Waals surface area contributed by atoms with Crippen molar-refractivity contribution < 1.29 is 9.23 Å². The third-order valence-corrected chi connectivity index (χ3v) is 3.18. The van der Waals surface area contributed by atoms with E-state index in [0.717, 1.165) is 25.9 Å². The zero-order valence-electron chi connectivity index (χ0n) is 9.08. The molecule has 0 spiro atoms. The van der Waals surface area contributed by atoms with Crippen molar-refractivity contribution in [1.82, 2.24) is 4.65 Å². The molecule has 0 radical (unpaired) electrons. The van der Waals surface area contributed by atoms with Crippen molar-refractivity contribution in [3.05, 3.63) is 30.1 Å². The fourth-order valence-corrected chi connectivity index (χ4v) is 2.33. The number of para-hydroxylation sites is 1. The number of nitrogens with zero attached hydrogens (tertiary/aromatic N) is 1. The number of benzene rings is 1. The number of quaternary nitrogens is 1. The quantitative estimate of drug-likeness (QED) is 0.682. The van der Waals surface area contributed by atoms with Crippen LogP contribution >= 0.6 is 0 Å². The van der Waals surface area contributed by atoms with Crippen LogP contribution in [0.5, 0.6) is 0 Å². The predicted octanol–water partition coefficient (Wildman–Crippen LogP) is 2.88. The van der Waals surface area contributed by atoms with E-state index in [0.29, 0.717) is 10.3 Å². The SMILES string of the molecule is CO[N+]1(c2ccccc2F)CCCCC1. The van der Waals surface area contributed by atoms with Crippen LogP contribution < -0.4 is 4.65 Å². The summed E-state index contributed by atoms with van der Waals surface area (Å²) in [5.74, 6) is -0.166. The zero-order valence-corrected chi connectivity index (χ0v) is 9.08. The van der Waals surface area contributed by atoms with Crippen LogP contribution in [0.25, 0.3) is 0 Å². The normalized spacial score (nSPS) is 20.1. The smallest absolute Gasteiger partial charge is 0.201 e. The molecule has 1 fully saturated rings. The van der Waals surface area contributed by atoms with E-state index in [9.17, 15) is 4.39 Å². The van der Waals surface area contributed by atoms with Crippen molar-refractivity contribution in [3.63, 3.8) is 0 Å². The summed E-state index contributed by atoms with van der Waals surface area (Å²) >= 11 is 0. The molecule has 15 heavy (non-hydrogen) atoms. The van der Waals surface area contributed by atoms with Crippen molar-refractivity contribution in [1.29, 1.82) is 0 Å². The Morgan fingerprint density at radius 3 is 2.40 bits per heavy atom. The van der Waals surface area contributed by atoms with Gasteiger partial charge in [-0.2, -0.15) is 0 Å². The van der Waals surface area contributed by atoms with Gasteiger partial charge in [-0.3, -0.25) is 0 Å². The zero-order chi connectivity index (χ0) is 10.7. The van der Waals surface area contributed by atoms with Crippen LogP contribution in [-0.2, 0) is 4.84 Å². The van der Waals surface area contributed by atoms with Gasteiger partial charge in [0.1, 0.15) is 13.1 Å². The molecule has 0 amide bonds. The lowest BCUT2D eigenvalue weighted by atomic mass is 10.1. The van der Waals surface area contributed by atoms with Crippen molar-refractivity contribution in [3.8, 4) is 0 Å². The van der Waals surface area contributed by atoms with Crippen molar-refractivity contribution in [2.75, 3.05) is 20.2 Å². The average Bonchev–Trinajstić information content (AvgIpc) is 2.30. The first-order chi connectivity index (χ1) is 7.28. The van der Waals surface area contributed by atoms with Gasteiger partial charge in [-0.15, -0.1) is 4.65 Å². The molecule has 3 heteroatoms. The third kappa shape index (κ3) is 1.90. The molecule has 2 rings (SSSR count). The fraction of sp³-hybridized carbons (Fsp3) is 0.500. The lowest BCUT2D eigenvalue weighted by Crippen LogP contribution is -2.52. The van der Waals surface area contributed by atoms with Crippen LogP contribution in [-0.4, -0.2) is 20.2 Å². The Bertz CT molecular complexity index is 334. The van der Waals surface area contributed by atoms with Gasteiger partial charge < -0.3 is 0 Å². The lowest BCUT2D eigenvalue weighted by Gasteiger charge is -2.36. The number of piperidine rings is 1. The highest BCUT2D eigenvalue weighted by Gasteiger charge is 2.36. The molecule has 0 aliphatic carbocycles. The van der Waals surface area contributed by atoms with Gasteiger partial charge in [0.15, 0.2) is 5.82 Å². The standard InChI is InChI=1S/C12H17FNO/c1-15-14(9-5-2-6-10-14)12-8-4-3-7-11(12)13/h3-4,7-8H,2,5-6,9-10H2,1H3/q+1. The highest BCUT2D eigenvalue weighted by atomic mass is 19.1. The first kappa shape index (κ1) is 10.6. The summed E-state index contributed by atoms with van der Waals surface area (Å²) in [4.78, 5) is 5.54. The maximum absolute atomic E-state index is 13.7. The summed E-state index contributed by atoms with van der Waals surface area (Å²) in [7, 11) is 1.66. The number of hydrogen-bond donors (Lipinski definition) is 0. The average molecular weight is 210 g/mol. The highest BCUT2D eigenvalue weighted by molar-refractivity contribution is 5.42. The maximum Gasteiger partial charge on any atom is 0.201 e. The molecule has 1 aromatic rings. The van der Waals surface area contributed by atoms with Gasteiger partial charge in [-0.1, -0.05) is 12.1 Å². The van der Waals surface area contributed by atoms with Crippen LogP contribution in [0.15, 0.2) is 24.3 Å². The molecule has 0 unspecified atom stereocenters. The molecule has 0 saturated carbocycles. The predicted molar refractivity (Wildman–Crippen MR) is 58.8 cm³/mol. The van der Waals surface area contributed by atoms with Gasteiger partial charge in [-0.25, -0.2) is 9.23 Å². The van der Waals surface area contributed by atoms with Crippen LogP contribution in [0.3, 0.4) is 0 Å². The third-order valence-electron chi connectivity index (χ3n) is 3.18. The fourth-order valence-electron chi connectivity index (χ4n) is 2.33. The van der Waals surface area contributed by atoms with E-state index in [1.54, 1.807) is 13.2 Å². The van der Waals surface area contributed by atoms with Crippen molar-refractivity contribution in [2.45, 2.75) is 19.3 Å². The Kier molecular flexibility index (Phi) is 3.03. The summed E-state index contributed by atoms with van der Waals surface area (Å²) in [6.45, 7) is 1.74. The van der Waals surface area contributed by atoms with Crippen molar-refractivity contribution in [2.24, 2.45) is 0 Å². The highest BCUT2D eigenvalue weighted by Crippen LogP contribution is 2.30. The van der Waals surface area contributed by atoms with Crippen LogP contribution in [0.4, 0.5) is 10.1 Å². The van der Waals surface area contributed by atoms with Gasteiger partial charge in [0.25, 0.3) is 0 Å². The Balaban J connectivity index is 2.36. The van der Waals surface area contributed by atoms with Crippen molar-refractivity contribution >= 4 is 5.69 Å². The number of halogens is 1. The number of rotatable bonds is 2. The summed E-state index contributed by atoms with van der Waals surface area (Å²) in [5.41, 5.74) is 0.666. The molecule has 1 aliphatic heterocycles. The van der Waals surface area contributed by atoms with Gasteiger partial charge in [-0.05, 0) is 12.5 Å². The van der Waals surface area contributed by atoms with Gasteiger partial charge >= 0.3 is 0 Å². The van der Waals surface area contributed by atoms with E-state index >= 15 is 0 Å². The summed E-state index contributed by atoms with van der Waals surface area (Å²) < 4.78 is 14.1. The number of hydroxylamine groups is 2. The Morgan fingerprint density at radius 1 is 1.13 bits per heavy atom. The molecule has 0 bridgehead atoms. The maximum atomic E-state index is 13.7. The van der Waals surface area contributed by atoms with Crippen LogP contribution in [0.2, 0.25) is 0 Å². The van der Waals surface area contributed by atoms with Gasteiger partial charge in [0, 0.05) is 18.9 Å². The minimum absolute atomic E-state index is 0.166. The lowest BCUT2D eigenvalue weighted by molar-refractivity contribution is -0.132. The van der Waals surface area contributed by atoms with E-state index in [-0.39, 0.29) is 5.82 Å². The van der Waals surface area contributed by atoms with E-state index in [1.165, 1.54) is 12.5 Å². The Morgan fingerprint density at radius 2 is 1.80 bits per heavy atom. The second-order valence-electron chi connectivity index (χ2n) is 4.03. The molecule has 1 heterocycles. The molecule has 1 aliphatic rings. The minimum Gasteiger partial charge on any atom is -0.201 e. The summed E-state index contributed by atoms with van der Waals surface area (Å²) in [6, 6.07) is 6.91. The molecule has 0 aromatic heterocycles. The molecule has 0 atom stereocenters. The van der Waals surface area contributed by atoms with E-state index in [1.807, 2.05) is 12.1 Å². The summed E-state index contributed by atoms with van der Waals surface area (Å²) in [6.07, 6.45) is 3.42. The van der Waals surface area contributed by atoms with E-state index in [4.69, 9.17) is 4.84 Å². The first-order valence-corrected chi connectivity index (χ1v) is 5.46. The topological polar surface area (TPSA) is 9.23 Å². The largest absolute Gasteiger partial charge is 0.201 e.